The van der Waals surface area contributed by atoms with Crippen molar-refractivity contribution in [3.63, 3.8) is 0 Å². The molecule has 2 aromatic heterocycles. The average molecular weight is 371 g/mol. The Morgan fingerprint density at radius 1 is 0.852 bits per heavy atom. The van der Waals surface area contributed by atoms with Crippen LogP contribution in [0.15, 0.2) is 58.1 Å². The van der Waals surface area contributed by atoms with Crippen molar-refractivity contribution in [2.75, 3.05) is 5.32 Å². The molecule has 0 saturated carbocycles. The van der Waals surface area contributed by atoms with Crippen molar-refractivity contribution >= 4 is 49.0 Å². The summed E-state index contributed by atoms with van der Waals surface area (Å²) < 4.78 is 4.39. The lowest BCUT2D eigenvalue weighted by atomic mass is 9.89. The summed E-state index contributed by atoms with van der Waals surface area (Å²) in [5.74, 6) is 0. The van der Waals surface area contributed by atoms with Crippen LogP contribution in [0.5, 0.6) is 0 Å². The van der Waals surface area contributed by atoms with Crippen LogP contribution >= 0.6 is 11.5 Å². The molecule has 0 bridgehead atoms. The van der Waals surface area contributed by atoms with E-state index in [2.05, 4.69) is 14.7 Å². The Hall–Kier alpha value is -3.38. The van der Waals surface area contributed by atoms with E-state index in [4.69, 9.17) is 0 Å². The van der Waals surface area contributed by atoms with E-state index in [1.54, 1.807) is 0 Å². The van der Waals surface area contributed by atoms with Crippen molar-refractivity contribution in [1.82, 2.24) is 9.36 Å². The van der Waals surface area contributed by atoms with Gasteiger partial charge in [0, 0.05) is 34.1 Å². The molecule has 3 aromatic carbocycles. The lowest BCUT2D eigenvalue weighted by Crippen LogP contribution is -2.11. The van der Waals surface area contributed by atoms with Crippen molar-refractivity contribution in [2.24, 2.45) is 0 Å². The average Bonchev–Trinajstić information content (AvgIpc) is 3.01. The van der Waals surface area contributed by atoms with Crippen molar-refractivity contribution in [3.8, 4) is 11.1 Å². The highest BCUT2D eigenvalue weighted by Crippen LogP contribution is 2.45. The third kappa shape index (κ3) is 1.82. The molecule has 6 heteroatoms. The van der Waals surface area contributed by atoms with Crippen LogP contribution in [0.2, 0.25) is 0 Å². The number of H-pyrrole nitrogens is 2. The molecule has 3 N–H and O–H groups in total. The highest BCUT2D eigenvalue weighted by atomic mass is 32.1. The maximum Gasteiger partial charge on any atom is 0.259 e. The number of para-hydroxylation sites is 2. The highest BCUT2D eigenvalue weighted by molar-refractivity contribution is 7.13. The molecule has 0 radical (unpaired) electrons. The maximum absolute atomic E-state index is 12.8. The van der Waals surface area contributed by atoms with Crippen LogP contribution in [-0.4, -0.2) is 9.36 Å². The summed E-state index contributed by atoms with van der Waals surface area (Å²) in [4.78, 5) is 28.1. The molecule has 27 heavy (non-hydrogen) atoms. The number of aromatic nitrogens is 2. The van der Waals surface area contributed by atoms with Gasteiger partial charge in [-0.05, 0) is 17.7 Å². The van der Waals surface area contributed by atoms with E-state index in [1.165, 1.54) is 11.5 Å². The number of benzene rings is 3. The molecule has 6 rings (SSSR count). The summed E-state index contributed by atoms with van der Waals surface area (Å²) in [6, 6.07) is 15.8. The SMILES string of the molecule is O=c1[nH]c(=O)c2c1c1c(c3s[nH]c4ccccc4c32)CNc2ccccc2-1. The lowest BCUT2D eigenvalue weighted by Gasteiger charge is -2.23. The summed E-state index contributed by atoms with van der Waals surface area (Å²) in [5.41, 5.74) is 4.19. The number of rotatable bonds is 0. The second-order valence-corrected chi connectivity index (χ2v) is 7.56. The molecule has 0 amide bonds. The summed E-state index contributed by atoms with van der Waals surface area (Å²) in [6.45, 7) is 0.611. The number of hydrogen-bond acceptors (Lipinski definition) is 4. The topological polar surface area (TPSA) is 77.8 Å². The predicted molar refractivity (Wildman–Crippen MR) is 111 cm³/mol. The Bertz CT molecular complexity index is 1520. The number of hydrogen-bond donors (Lipinski definition) is 3. The van der Waals surface area contributed by atoms with Gasteiger partial charge in [0.25, 0.3) is 11.1 Å². The summed E-state index contributed by atoms with van der Waals surface area (Å²) in [5, 5.41) is 6.25. The van der Waals surface area contributed by atoms with Crippen molar-refractivity contribution in [1.29, 1.82) is 0 Å². The fourth-order valence-corrected chi connectivity index (χ4v) is 5.23. The van der Waals surface area contributed by atoms with Crippen molar-refractivity contribution in [2.45, 2.75) is 6.54 Å². The third-order valence-corrected chi connectivity index (χ3v) is 6.32. The summed E-state index contributed by atoms with van der Waals surface area (Å²) in [6.07, 6.45) is 0. The fraction of sp³-hybridized carbons (Fsp3) is 0.0476. The molecule has 1 aliphatic heterocycles. The van der Waals surface area contributed by atoms with Gasteiger partial charge in [-0.1, -0.05) is 47.9 Å². The molecule has 0 atom stereocenters. The Kier molecular flexibility index (Phi) is 2.78. The van der Waals surface area contributed by atoms with Gasteiger partial charge in [0.2, 0.25) is 0 Å². The first-order chi connectivity index (χ1) is 13.2. The predicted octanol–water partition coefficient (Wildman–Crippen LogP) is 4.18. The van der Waals surface area contributed by atoms with Gasteiger partial charge in [0.05, 0.1) is 21.0 Å². The fourth-order valence-electron chi connectivity index (χ4n) is 4.23. The van der Waals surface area contributed by atoms with Gasteiger partial charge in [0.15, 0.2) is 0 Å². The van der Waals surface area contributed by atoms with Gasteiger partial charge in [-0.15, -0.1) is 0 Å². The van der Waals surface area contributed by atoms with E-state index in [0.717, 1.165) is 43.4 Å². The van der Waals surface area contributed by atoms with Crippen LogP contribution in [0.3, 0.4) is 0 Å². The van der Waals surface area contributed by atoms with Crippen LogP contribution in [0.25, 0.3) is 42.9 Å². The monoisotopic (exact) mass is 371 g/mol. The quantitative estimate of drug-likeness (QED) is 0.357. The molecule has 0 fully saturated rings. The second kappa shape index (κ2) is 5.08. The Morgan fingerprint density at radius 2 is 1.63 bits per heavy atom. The van der Waals surface area contributed by atoms with Crippen LogP contribution in [0, 0.1) is 0 Å². The number of nitrogens with one attached hydrogen (secondary N) is 3. The van der Waals surface area contributed by atoms with Gasteiger partial charge in [-0.3, -0.25) is 14.6 Å². The number of fused-ring (bicyclic) bond motifs is 10. The third-order valence-electron chi connectivity index (χ3n) is 5.35. The molecule has 130 valence electrons. The maximum atomic E-state index is 12.8. The van der Waals surface area contributed by atoms with Gasteiger partial charge in [-0.25, -0.2) is 0 Å². The minimum atomic E-state index is -0.317. The molecule has 0 unspecified atom stereocenters. The Balaban J connectivity index is 1.99. The zero-order valence-electron chi connectivity index (χ0n) is 14.1. The molecular formula is C21H13N3O2S. The summed E-state index contributed by atoms with van der Waals surface area (Å²) >= 11 is 1.51. The molecule has 5 nitrogen and oxygen atoms in total. The first-order valence-corrected chi connectivity index (χ1v) is 9.49. The van der Waals surface area contributed by atoms with E-state index in [0.29, 0.717) is 17.3 Å². The number of aromatic amines is 2. The first-order valence-electron chi connectivity index (χ1n) is 8.68. The molecule has 5 aromatic rings. The van der Waals surface area contributed by atoms with E-state index in [9.17, 15) is 9.59 Å². The highest BCUT2D eigenvalue weighted by Gasteiger charge is 2.26. The second-order valence-electron chi connectivity index (χ2n) is 6.74. The molecule has 0 saturated heterocycles. The van der Waals surface area contributed by atoms with Crippen molar-refractivity contribution in [3.05, 3.63) is 74.8 Å². The van der Waals surface area contributed by atoms with E-state index < -0.39 is 0 Å². The molecular weight excluding hydrogens is 358 g/mol. The van der Waals surface area contributed by atoms with Gasteiger partial charge >= 0.3 is 0 Å². The normalized spacial score (nSPS) is 12.9. The van der Waals surface area contributed by atoms with Crippen LogP contribution in [0.4, 0.5) is 5.69 Å². The smallest absolute Gasteiger partial charge is 0.259 e. The standard InChI is InChI=1S/C21H13N3O2S/c25-20-17-15-10-5-1-3-7-13(10)22-9-12(15)19-16(18(17)21(26)23-20)11-6-2-4-8-14(11)24-27-19/h1-8,22,24H,9H2,(H,23,25,26). The van der Waals surface area contributed by atoms with Crippen LogP contribution in [0.1, 0.15) is 5.56 Å². The van der Waals surface area contributed by atoms with Crippen LogP contribution in [-0.2, 0) is 6.54 Å². The van der Waals surface area contributed by atoms with Crippen LogP contribution < -0.4 is 16.4 Å². The first kappa shape index (κ1) is 14.8. The number of anilines is 1. The van der Waals surface area contributed by atoms with Gasteiger partial charge in [0.1, 0.15) is 0 Å². The molecule has 0 spiro atoms. The van der Waals surface area contributed by atoms with E-state index >= 15 is 0 Å². The van der Waals surface area contributed by atoms with Crippen molar-refractivity contribution < 1.29 is 0 Å². The molecule has 0 aliphatic carbocycles. The summed E-state index contributed by atoms with van der Waals surface area (Å²) in [7, 11) is 0. The van der Waals surface area contributed by atoms with Gasteiger partial charge in [-0.2, -0.15) is 0 Å². The minimum absolute atomic E-state index is 0.313. The van der Waals surface area contributed by atoms with E-state index in [1.807, 2.05) is 48.5 Å². The van der Waals surface area contributed by atoms with E-state index in [-0.39, 0.29) is 11.1 Å². The largest absolute Gasteiger partial charge is 0.380 e. The Morgan fingerprint density at radius 3 is 2.56 bits per heavy atom. The van der Waals surface area contributed by atoms with Gasteiger partial charge < -0.3 is 9.69 Å². The Labute approximate surface area is 156 Å². The minimum Gasteiger partial charge on any atom is -0.380 e. The zero-order chi connectivity index (χ0) is 18.1. The zero-order valence-corrected chi connectivity index (χ0v) is 14.9. The molecule has 3 heterocycles. The molecule has 1 aliphatic rings. The lowest BCUT2D eigenvalue weighted by molar-refractivity contribution is 1.15.